The highest BCUT2D eigenvalue weighted by Gasteiger charge is 2.33. The summed E-state index contributed by atoms with van der Waals surface area (Å²) in [6.07, 6.45) is 1.46. The average molecular weight is 298 g/mol. The highest BCUT2D eigenvalue weighted by Crippen LogP contribution is 2.29. The van der Waals surface area contributed by atoms with Gasteiger partial charge >= 0.3 is 0 Å². The van der Waals surface area contributed by atoms with Crippen LogP contribution in [-0.4, -0.2) is 40.2 Å². The van der Waals surface area contributed by atoms with Crippen LogP contribution in [0.5, 0.6) is 5.75 Å². The summed E-state index contributed by atoms with van der Waals surface area (Å²) in [4.78, 5) is 18.5. The van der Waals surface area contributed by atoms with Crippen molar-refractivity contribution in [3.63, 3.8) is 0 Å². The largest absolute Gasteiger partial charge is 0.505 e. The topological polar surface area (TPSA) is 62.7 Å². The van der Waals surface area contributed by atoms with Gasteiger partial charge in [0.25, 0.3) is 5.91 Å². The fourth-order valence-electron chi connectivity index (χ4n) is 2.68. The molecular weight excluding hydrogens is 280 g/mol. The first-order chi connectivity index (χ1) is 10.7. The Morgan fingerprint density at radius 2 is 2.05 bits per heavy atom. The molecule has 1 aliphatic rings. The number of carbonyl (C=O) groups excluding carboxylic acids is 1. The smallest absolute Gasteiger partial charge is 0.276 e. The van der Waals surface area contributed by atoms with Gasteiger partial charge in [0.05, 0.1) is 18.8 Å². The van der Waals surface area contributed by atoms with E-state index in [1.165, 1.54) is 12.3 Å². The molecule has 1 fully saturated rings. The third kappa shape index (κ3) is 2.80. The summed E-state index contributed by atoms with van der Waals surface area (Å²) in [7, 11) is 0. The Labute approximate surface area is 129 Å². The molecule has 3 rings (SSSR count). The maximum Gasteiger partial charge on any atom is 0.276 e. The van der Waals surface area contributed by atoms with Crippen molar-refractivity contribution in [3.05, 3.63) is 59.9 Å². The number of pyridine rings is 1. The quantitative estimate of drug-likeness (QED) is 0.924. The number of nitrogens with zero attached hydrogens (tertiary/aromatic N) is 2. The normalized spacial score (nSPS) is 21.6. The molecule has 0 radical (unpaired) electrons. The first-order valence-electron chi connectivity index (χ1n) is 7.28. The van der Waals surface area contributed by atoms with Gasteiger partial charge < -0.3 is 14.7 Å². The molecule has 2 atom stereocenters. The standard InChI is InChI=1S/C17H18N2O3/c1-12-10-19(17(21)16-15(20)8-5-9-18-16)14(11-22-12)13-6-3-2-4-7-13/h2-9,12,14,20H,10-11H2,1H3/t12-,14-/m1/s1. The van der Waals surface area contributed by atoms with Gasteiger partial charge in [0, 0.05) is 12.7 Å². The molecule has 1 amide bonds. The zero-order chi connectivity index (χ0) is 15.5. The lowest BCUT2D eigenvalue weighted by atomic mass is 10.0. The average Bonchev–Trinajstić information content (AvgIpc) is 2.55. The second kappa shape index (κ2) is 6.15. The maximum absolute atomic E-state index is 12.8. The van der Waals surface area contributed by atoms with Crippen molar-refractivity contribution in [1.29, 1.82) is 0 Å². The van der Waals surface area contributed by atoms with Crippen molar-refractivity contribution in [1.82, 2.24) is 9.88 Å². The third-order valence-corrected chi connectivity index (χ3v) is 3.80. The second-order valence-electron chi connectivity index (χ2n) is 5.40. The Morgan fingerprint density at radius 1 is 1.27 bits per heavy atom. The first-order valence-corrected chi connectivity index (χ1v) is 7.28. The van der Waals surface area contributed by atoms with Crippen LogP contribution in [0.3, 0.4) is 0 Å². The lowest BCUT2D eigenvalue weighted by Gasteiger charge is -2.38. The van der Waals surface area contributed by atoms with E-state index in [9.17, 15) is 9.90 Å². The number of carbonyl (C=O) groups is 1. The number of hydrogen-bond acceptors (Lipinski definition) is 4. The molecule has 0 saturated carbocycles. The summed E-state index contributed by atoms with van der Waals surface area (Å²) in [5, 5.41) is 9.89. The summed E-state index contributed by atoms with van der Waals surface area (Å²) in [6.45, 7) is 2.83. The van der Waals surface area contributed by atoms with Gasteiger partial charge in [-0.1, -0.05) is 30.3 Å². The van der Waals surface area contributed by atoms with E-state index in [2.05, 4.69) is 4.98 Å². The van der Waals surface area contributed by atoms with Crippen LogP contribution in [0.2, 0.25) is 0 Å². The number of aromatic nitrogens is 1. The number of amides is 1. The Hall–Kier alpha value is -2.40. The van der Waals surface area contributed by atoms with Crippen LogP contribution in [0.1, 0.15) is 29.0 Å². The van der Waals surface area contributed by atoms with E-state index in [1.807, 2.05) is 37.3 Å². The summed E-state index contributed by atoms with van der Waals surface area (Å²) < 4.78 is 5.71. The van der Waals surface area contributed by atoms with E-state index in [1.54, 1.807) is 11.0 Å². The summed E-state index contributed by atoms with van der Waals surface area (Å²) in [6, 6.07) is 12.7. The van der Waals surface area contributed by atoms with Gasteiger partial charge in [0.1, 0.15) is 5.75 Å². The predicted molar refractivity (Wildman–Crippen MR) is 81.5 cm³/mol. The molecule has 2 aromatic rings. The minimum atomic E-state index is -0.276. The van der Waals surface area contributed by atoms with E-state index in [-0.39, 0.29) is 29.5 Å². The zero-order valence-corrected chi connectivity index (χ0v) is 12.3. The summed E-state index contributed by atoms with van der Waals surface area (Å²) in [5.41, 5.74) is 1.09. The van der Waals surface area contributed by atoms with Crippen LogP contribution in [-0.2, 0) is 4.74 Å². The monoisotopic (exact) mass is 298 g/mol. The molecule has 0 aliphatic carbocycles. The number of aromatic hydroxyl groups is 1. The van der Waals surface area contributed by atoms with Gasteiger partial charge in [-0.25, -0.2) is 4.98 Å². The van der Waals surface area contributed by atoms with Gasteiger partial charge in [-0.15, -0.1) is 0 Å². The van der Waals surface area contributed by atoms with Crippen LogP contribution >= 0.6 is 0 Å². The van der Waals surface area contributed by atoms with Gasteiger partial charge in [0.15, 0.2) is 5.69 Å². The number of rotatable bonds is 2. The minimum absolute atomic E-state index is 0.0465. The molecule has 2 heterocycles. The van der Waals surface area contributed by atoms with Crippen molar-refractivity contribution in [3.8, 4) is 5.75 Å². The van der Waals surface area contributed by atoms with Crippen molar-refractivity contribution in [2.24, 2.45) is 0 Å². The molecule has 1 N–H and O–H groups in total. The van der Waals surface area contributed by atoms with Gasteiger partial charge in [0.2, 0.25) is 0 Å². The molecule has 1 aromatic heterocycles. The van der Waals surface area contributed by atoms with E-state index in [0.29, 0.717) is 13.2 Å². The van der Waals surface area contributed by atoms with Gasteiger partial charge in [-0.05, 0) is 24.6 Å². The number of ether oxygens (including phenoxy) is 1. The first kappa shape index (κ1) is 14.5. The molecule has 5 heteroatoms. The summed E-state index contributed by atoms with van der Waals surface area (Å²) >= 11 is 0. The molecular formula is C17H18N2O3. The van der Waals surface area contributed by atoms with E-state index < -0.39 is 0 Å². The van der Waals surface area contributed by atoms with Crippen molar-refractivity contribution in [2.75, 3.05) is 13.2 Å². The fraction of sp³-hybridized carbons (Fsp3) is 0.294. The van der Waals surface area contributed by atoms with Gasteiger partial charge in [-0.3, -0.25) is 4.79 Å². The van der Waals surface area contributed by atoms with Crippen LogP contribution in [0.4, 0.5) is 0 Å². The number of benzene rings is 1. The molecule has 0 bridgehead atoms. The van der Waals surface area contributed by atoms with E-state index in [4.69, 9.17) is 4.74 Å². The fourth-order valence-corrected chi connectivity index (χ4v) is 2.68. The molecule has 114 valence electrons. The van der Waals surface area contributed by atoms with Crippen molar-refractivity contribution >= 4 is 5.91 Å². The lowest BCUT2D eigenvalue weighted by molar-refractivity contribution is -0.0450. The molecule has 1 aliphatic heterocycles. The molecule has 0 spiro atoms. The van der Waals surface area contributed by atoms with Crippen molar-refractivity contribution < 1.29 is 14.6 Å². The summed E-state index contributed by atoms with van der Waals surface area (Å²) in [5.74, 6) is -0.374. The predicted octanol–water partition coefficient (Wildman–Crippen LogP) is 2.39. The second-order valence-corrected chi connectivity index (χ2v) is 5.40. The highest BCUT2D eigenvalue weighted by molar-refractivity contribution is 5.95. The molecule has 22 heavy (non-hydrogen) atoms. The Kier molecular flexibility index (Phi) is 4.06. The van der Waals surface area contributed by atoms with Crippen LogP contribution in [0.15, 0.2) is 48.7 Å². The van der Waals surface area contributed by atoms with Crippen LogP contribution in [0.25, 0.3) is 0 Å². The van der Waals surface area contributed by atoms with Crippen LogP contribution in [0, 0.1) is 0 Å². The van der Waals surface area contributed by atoms with Crippen molar-refractivity contribution in [2.45, 2.75) is 19.1 Å². The minimum Gasteiger partial charge on any atom is -0.505 e. The zero-order valence-electron chi connectivity index (χ0n) is 12.3. The molecule has 1 saturated heterocycles. The van der Waals surface area contributed by atoms with E-state index in [0.717, 1.165) is 5.56 Å². The Balaban J connectivity index is 1.94. The maximum atomic E-state index is 12.8. The van der Waals surface area contributed by atoms with Gasteiger partial charge in [-0.2, -0.15) is 0 Å². The van der Waals surface area contributed by atoms with Crippen LogP contribution < -0.4 is 0 Å². The lowest BCUT2D eigenvalue weighted by Crippen LogP contribution is -2.47. The highest BCUT2D eigenvalue weighted by atomic mass is 16.5. The Bertz CT molecular complexity index is 660. The Morgan fingerprint density at radius 3 is 2.77 bits per heavy atom. The number of hydrogen-bond donors (Lipinski definition) is 1. The molecule has 0 unspecified atom stereocenters. The van der Waals surface area contributed by atoms with E-state index >= 15 is 0 Å². The third-order valence-electron chi connectivity index (χ3n) is 3.80. The SMILES string of the molecule is C[C@@H]1CN(C(=O)c2ncccc2O)[C@@H](c2ccccc2)CO1. The number of morpholine rings is 1. The molecule has 5 nitrogen and oxygen atoms in total. The molecule has 1 aromatic carbocycles.